The molecule has 1 saturated carbocycles. The average molecular weight is 361 g/mol. The van der Waals surface area contributed by atoms with Crippen molar-refractivity contribution in [2.75, 3.05) is 25.4 Å². The van der Waals surface area contributed by atoms with Crippen LogP contribution < -0.4 is 5.32 Å². The van der Waals surface area contributed by atoms with E-state index in [-0.39, 0.29) is 11.8 Å². The maximum atomic E-state index is 12.6. The second-order valence-electron chi connectivity index (χ2n) is 7.09. The third-order valence-corrected chi connectivity index (χ3v) is 6.28. The van der Waals surface area contributed by atoms with E-state index >= 15 is 0 Å². The first-order valence-corrected chi connectivity index (χ1v) is 10.5. The summed E-state index contributed by atoms with van der Waals surface area (Å²) in [6.07, 6.45) is 8.56. The van der Waals surface area contributed by atoms with Gasteiger partial charge in [0.15, 0.2) is 0 Å². The quantitative estimate of drug-likeness (QED) is 0.787. The second-order valence-corrected chi connectivity index (χ2v) is 8.10. The van der Waals surface area contributed by atoms with E-state index in [9.17, 15) is 9.59 Å². The van der Waals surface area contributed by atoms with Gasteiger partial charge in [0.25, 0.3) is 5.91 Å². The summed E-state index contributed by atoms with van der Waals surface area (Å²) in [4.78, 5) is 27.7. The van der Waals surface area contributed by atoms with Crippen molar-refractivity contribution >= 4 is 23.6 Å². The van der Waals surface area contributed by atoms with E-state index in [0.29, 0.717) is 17.2 Å². The molecule has 1 aromatic carbocycles. The van der Waals surface area contributed by atoms with Crippen molar-refractivity contribution in [2.45, 2.75) is 49.8 Å². The van der Waals surface area contributed by atoms with Crippen LogP contribution in [0.5, 0.6) is 0 Å². The molecule has 0 spiro atoms. The van der Waals surface area contributed by atoms with Crippen molar-refractivity contribution in [3.8, 4) is 0 Å². The summed E-state index contributed by atoms with van der Waals surface area (Å²) in [7, 11) is 0. The molecular weight excluding hydrogens is 332 g/mol. The Balaban J connectivity index is 1.53. The summed E-state index contributed by atoms with van der Waals surface area (Å²) >= 11 is 1.48. The monoisotopic (exact) mass is 360 g/mol. The lowest BCUT2D eigenvalue weighted by molar-refractivity contribution is -0.127. The highest BCUT2D eigenvalue weighted by molar-refractivity contribution is 8.00. The molecule has 136 valence electrons. The van der Waals surface area contributed by atoms with Gasteiger partial charge < -0.3 is 10.2 Å². The first-order valence-electron chi connectivity index (χ1n) is 9.52. The van der Waals surface area contributed by atoms with Gasteiger partial charge in [0.1, 0.15) is 0 Å². The van der Waals surface area contributed by atoms with Gasteiger partial charge in [-0.1, -0.05) is 31.4 Å². The molecule has 2 aliphatic rings. The molecule has 0 atom stereocenters. The second kappa shape index (κ2) is 9.27. The number of benzene rings is 1. The number of carbonyl (C=O) groups is 2. The van der Waals surface area contributed by atoms with Gasteiger partial charge in [0.05, 0.1) is 11.3 Å². The Bertz CT molecular complexity index is 593. The number of thioether (sulfide) groups is 1. The number of nitrogens with zero attached hydrogens (tertiary/aromatic N) is 1. The van der Waals surface area contributed by atoms with E-state index in [1.165, 1.54) is 43.9 Å². The molecule has 0 unspecified atom stereocenters. The molecule has 0 radical (unpaired) electrons. The van der Waals surface area contributed by atoms with Crippen LogP contribution in [-0.4, -0.2) is 42.1 Å². The van der Waals surface area contributed by atoms with Crippen molar-refractivity contribution in [3.63, 3.8) is 0 Å². The molecule has 1 aromatic rings. The van der Waals surface area contributed by atoms with Gasteiger partial charge in [-0.25, -0.2) is 0 Å². The normalized spacial score (nSPS) is 18.3. The highest BCUT2D eigenvalue weighted by Gasteiger charge is 2.20. The Morgan fingerprint density at radius 1 is 1.04 bits per heavy atom. The molecular formula is C20H28N2O2S. The summed E-state index contributed by atoms with van der Waals surface area (Å²) < 4.78 is 0. The van der Waals surface area contributed by atoms with Crippen LogP contribution >= 0.6 is 11.8 Å². The van der Waals surface area contributed by atoms with Crippen LogP contribution in [-0.2, 0) is 4.79 Å². The fourth-order valence-corrected chi connectivity index (χ4v) is 4.65. The predicted molar refractivity (Wildman–Crippen MR) is 102 cm³/mol. The number of rotatable bonds is 6. The molecule has 1 aliphatic heterocycles. The Hall–Kier alpha value is -1.49. The topological polar surface area (TPSA) is 49.4 Å². The van der Waals surface area contributed by atoms with Gasteiger partial charge in [0.2, 0.25) is 5.91 Å². The van der Waals surface area contributed by atoms with Crippen LogP contribution in [0.4, 0.5) is 0 Å². The highest BCUT2D eigenvalue weighted by atomic mass is 32.2. The molecule has 1 aliphatic carbocycles. The van der Waals surface area contributed by atoms with E-state index in [1.807, 2.05) is 29.2 Å². The van der Waals surface area contributed by atoms with Crippen LogP contribution in [0.2, 0.25) is 0 Å². The van der Waals surface area contributed by atoms with Crippen molar-refractivity contribution in [2.24, 2.45) is 5.92 Å². The summed E-state index contributed by atoms with van der Waals surface area (Å²) in [5, 5.41) is 3.10. The summed E-state index contributed by atoms with van der Waals surface area (Å²) in [5.41, 5.74) is 0.692. The highest BCUT2D eigenvalue weighted by Crippen LogP contribution is 2.25. The van der Waals surface area contributed by atoms with E-state index in [2.05, 4.69) is 5.32 Å². The van der Waals surface area contributed by atoms with E-state index in [0.717, 1.165) is 37.4 Å². The van der Waals surface area contributed by atoms with Gasteiger partial charge >= 0.3 is 0 Å². The SMILES string of the molecule is O=C(NCC1CCCCC1)c1ccccc1SCC(=O)N1CCCC1. The van der Waals surface area contributed by atoms with Crippen LogP contribution in [0.25, 0.3) is 0 Å². The Morgan fingerprint density at radius 3 is 2.52 bits per heavy atom. The maximum Gasteiger partial charge on any atom is 0.252 e. The minimum atomic E-state index is -0.0118. The molecule has 0 aromatic heterocycles. The van der Waals surface area contributed by atoms with Gasteiger partial charge in [-0.2, -0.15) is 0 Å². The minimum absolute atomic E-state index is 0.0118. The summed E-state index contributed by atoms with van der Waals surface area (Å²) in [5.74, 6) is 1.20. The molecule has 5 heteroatoms. The van der Waals surface area contributed by atoms with E-state index in [4.69, 9.17) is 0 Å². The van der Waals surface area contributed by atoms with Crippen LogP contribution in [0.15, 0.2) is 29.2 Å². The van der Waals surface area contributed by atoms with Crippen LogP contribution in [0.3, 0.4) is 0 Å². The van der Waals surface area contributed by atoms with Crippen molar-refractivity contribution in [1.82, 2.24) is 10.2 Å². The Labute approximate surface area is 154 Å². The van der Waals surface area contributed by atoms with Gasteiger partial charge in [-0.05, 0) is 43.7 Å². The van der Waals surface area contributed by atoms with Crippen molar-refractivity contribution < 1.29 is 9.59 Å². The lowest BCUT2D eigenvalue weighted by Gasteiger charge is -2.22. The zero-order valence-electron chi connectivity index (χ0n) is 14.8. The molecule has 1 saturated heterocycles. The van der Waals surface area contributed by atoms with Gasteiger partial charge in [0, 0.05) is 24.5 Å². The van der Waals surface area contributed by atoms with Gasteiger partial charge in [-0.3, -0.25) is 9.59 Å². The molecule has 2 amide bonds. The smallest absolute Gasteiger partial charge is 0.252 e. The van der Waals surface area contributed by atoms with Crippen molar-refractivity contribution in [3.05, 3.63) is 29.8 Å². The number of hydrogen-bond acceptors (Lipinski definition) is 3. The Morgan fingerprint density at radius 2 is 1.76 bits per heavy atom. The van der Waals surface area contributed by atoms with Gasteiger partial charge in [-0.15, -0.1) is 11.8 Å². The first-order chi connectivity index (χ1) is 12.2. The lowest BCUT2D eigenvalue weighted by Crippen LogP contribution is -2.31. The van der Waals surface area contributed by atoms with Crippen molar-refractivity contribution in [1.29, 1.82) is 0 Å². The largest absolute Gasteiger partial charge is 0.352 e. The molecule has 2 fully saturated rings. The first kappa shape index (κ1) is 18.3. The number of hydrogen-bond donors (Lipinski definition) is 1. The fourth-order valence-electron chi connectivity index (χ4n) is 3.70. The standard InChI is InChI=1S/C20H28N2O2S/c23-19(22-12-6-7-13-22)15-25-18-11-5-4-10-17(18)20(24)21-14-16-8-2-1-3-9-16/h4-5,10-11,16H,1-3,6-9,12-15H2,(H,21,24). The zero-order chi connectivity index (χ0) is 17.5. The predicted octanol–water partition coefficient (Wildman–Crippen LogP) is 3.71. The molecule has 0 bridgehead atoms. The fraction of sp³-hybridized carbons (Fsp3) is 0.600. The lowest BCUT2D eigenvalue weighted by atomic mass is 9.89. The third kappa shape index (κ3) is 5.24. The summed E-state index contributed by atoms with van der Waals surface area (Å²) in [6, 6.07) is 7.62. The summed E-state index contributed by atoms with van der Waals surface area (Å²) in [6.45, 7) is 2.52. The third-order valence-electron chi connectivity index (χ3n) is 5.22. The zero-order valence-corrected chi connectivity index (χ0v) is 15.7. The number of likely N-dealkylation sites (tertiary alicyclic amines) is 1. The Kier molecular flexibility index (Phi) is 6.79. The molecule has 4 nitrogen and oxygen atoms in total. The number of amides is 2. The van der Waals surface area contributed by atoms with Crippen LogP contribution in [0.1, 0.15) is 55.3 Å². The van der Waals surface area contributed by atoms with E-state index in [1.54, 1.807) is 0 Å². The molecule has 25 heavy (non-hydrogen) atoms. The maximum absolute atomic E-state index is 12.6. The number of carbonyl (C=O) groups excluding carboxylic acids is 2. The number of nitrogens with one attached hydrogen (secondary N) is 1. The average Bonchev–Trinajstić information content (AvgIpc) is 3.20. The molecule has 3 rings (SSSR count). The molecule has 1 N–H and O–H groups in total. The minimum Gasteiger partial charge on any atom is -0.352 e. The van der Waals surface area contributed by atoms with E-state index < -0.39 is 0 Å². The molecule has 1 heterocycles. The van der Waals surface area contributed by atoms with Crippen LogP contribution in [0, 0.1) is 5.92 Å².